The van der Waals surface area contributed by atoms with E-state index in [0.717, 1.165) is 0 Å². The van der Waals surface area contributed by atoms with E-state index in [1.807, 2.05) is 0 Å². The molecule has 1 aromatic carbocycles. The summed E-state index contributed by atoms with van der Waals surface area (Å²) in [6.45, 7) is -0.0452. The van der Waals surface area contributed by atoms with Gasteiger partial charge >= 0.3 is 10.2 Å². The Hall–Kier alpha value is -1.02. The third kappa shape index (κ3) is 3.30. The first-order chi connectivity index (χ1) is 8.77. The molecule has 0 N–H and O–H groups in total. The van der Waals surface area contributed by atoms with Gasteiger partial charge in [0, 0.05) is 19.5 Å². The molecular weight excluding hydrogens is 344 g/mol. The van der Waals surface area contributed by atoms with Gasteiger partial charge in [-0.05, 0) is 33.6 Å². The van der Waals surface area contributed by atoms with Crippen LogP contribution in [0, 0.1) is 5.82 Å². The van der Waals surface area contributed by atoms with Gasteiger partial charge in [0.25, 0.3) is 0 Å². The molecule has 1 aromatic rings. The van der Waals surface area contributed by atoms with E-state index < -0.39 is 27.2 Å². The first-order valence-electron chi connectivity index (χ1n) is 5.42. The number of halogens is 3. The van der Waals surface area contributed by atoms with E-state index in [-0.39, 0.29) is 24.0 Å². The lowest BCUT2D eigenvalue weighted by molar-refractivity contribution is -0.128. The molecule has 1 unspecified atom stereocenters. The van der Waals surface area contributed by atoms with Crippen molar-refractivity contribution in [3.05, 3.63) is 34.1 Å². The largest absolute Gasteiger partial charge is 0.337 e. The second-order valence-corrected chi connectivity index (χ2v) is 6.80. The molecule has 1 aliphatic heterocycles. The average molecular weight is 354 g/mol. The van der Waals surface area contributed by atoms with Crippen molar-refractivity contribution >= 4 is 32.1 Å². The zero-order chi connectivity index (χ0) is 14.2. The predicted molar refractivity (Wildman–Crippen MR) is 67.9 cm³/mol. The Labute approximate surface area is 117 Å². The van der Waals surface area contributed by atoms with Gasteiger partial charge in [-0.2, -0.15) is 8.42 Å². The summed E-state index contributed by atoms with van der Waals surface area (Å²) in [6, 6.07) is 4.23. The van der Waals surface area contributed by atoms with Gasteiger partial charge in [0.2, 0.25) is 5.91 Å². The fraction of sp³-hybridized carbons (Fsp3) is 0.364. The third-order valence-corrected chi connectivity index (χ3v) is 4.65. The maximum Gasteiger partial charge on any atom is 0.307 e. The van der Waals surface area contributed by atoms with Gasteiger partial charge in [-0.3, -0.25) is 4.79 Å². The molecule has 0 radical (unpaired) electrons. The van der Waals surface area contributed by atoms with Crippen LogP contribution < -0.4 is 0 Å². The maximum atomic E-state index is 13.1. The zero-order valence-corrected chi connectivity index (χ0v) is 12.0. The molecule has 1 aliphatic rings. The van der Waals surface area contributed by atoms with Crippen molar-refractivity contribution < 1.29 is 21.5 Å². The third-order valence-electron chi connectivity index (χ3n) is 2.93. The fourth-order valence-electron chi connectivity index (χ4n) is 1.94. The lowest BCUT2D eigenvalue weighted by Crippen LogP contribution is -2.26. The number of nitrogens with zero attached hydrogens (tertiary/aromatic N) is 1. The van der Waals surface area contributed by atoms with Gasteiger partial charge in [-0.25, -0.2) is 4.39 Å². The Bertz CT molecular complexity index is 620. The van der Waals surface area contributed by atoms with Crippen LogP contribution in [-0.2, 0) is 21.6 Å². The quantitative estimate of drug-likeness (QED) is 0.781. The molecule has 0 aliphatic carbocycles. The predicted octanol–water partition coefficient (Wildman–Crippen LogP) is 1.99. The van der Waals surface area contributed by atoms with Gasteiger partial charge in [-0.1, -0.05) is 6.07 Å². The van der Waals surface area contributed by atoms with Crippen molar-refractivity contribution in [1.82, 2.24) is 4.90 Å². The molecule has 0 spiro atoms. The Morgan fingerprint density at radius 2 is 2.11 bits per heavy atom. The molecule has 104 valence electrons. The minimum atomic E-state index is -4.71. The standard InChI is InChI=1S/C11H10BrF2NO3S/c12-9-3-7(1-2-10(9)13)5-15-6-8(4-11(15)16)19(14,17)18/h1-3,8H,4-6H2. The smallest absolute Gasteiger partial charge is 0.307 e. The van der Waals surface area contributed by atoms with Crippen molar-refractivity contribution in [3.63, 3.8) is 0 Å². The van der Waals surface area contributed by atoms with E-state index in [4.69, 9.17) is 0 Å². The topological polar surface area (TPSA) is 54.5 Å². The summed E-state index contributed by atoms with van der Waals surface area (Å²) in [5.41, 5.74) is 0.638. The molecule has 1 heterocycles. The highest BCUT2D eigenvalue weighted by Crippen LogP contribution is 2.23. The molecule has 2 rings (SSSR count). The van der Waals surface area contributed by atoms with Crippen molar-refractivity contribution in [3.8, 4) is 0 Å². The highest BCUT2D eigenvalue weighted by atomic mass is 79.9. The van der Waals surface area contributed by atoms with E-state index >= 15 is 0 Å². The SMILES string of the molecule is O=C1CC(S(=O)(=O)F)CN1Cc1ccc(F)c(Br)c1. The molecule has 1 amide bonds. The van der Waals surface area contributed by atoms with Crippen molar-refractivity contribution in [2.24, 2.45) is 0 Å². The molecule has 1 atom stereocenters. The maximum absolute atomic E-state index is 13.1. The van der Waals surface area contributed by atoms with Crippen molar-refractivity contribution in [2.75, 3.05) is 6.54 Å². The molecular formula is C11H10BrF2NO3S. The Morgan fingerprint density at radius 1 is 1.42 bits per heavy atom. The van der Waals surface area contributed by atoms with Crippen LogP contribution in [0.25, 0.3) is 0 Å². The van der Waals surface area contributed by atoms with Crippen LogP contribution in [0.5, 0.6) is 0 Å². The van der Waals surface area contributed by atoms with E-state index in [9.17, 15) is 21.5 Å². The molecule has 0 saturated carbocycles. The Balaban J connectivity index is 2.12. The normalized spacial score (nSPS) is 20.1. The number of rotatable bonds is 3. The lowest BCUT2D eigenvalue weighted by Gasteiger charge is -2.16. The van der Waals surface area contributed by atoms with E-state index in [1.165, 1.54) is 23.1 Å². The van der Waals surface area contributed by atoms with Crippen LogP contribution in [0.1, 0.15) is 12.0 Å². The Morgan fingerprint density at radius 3 is 2.63 bits per heavy atom. The fourth-order valence-corrected chi connectivity index (χ4v) is 3.06. The summed E-state index contributed by atoms with van der Waals surface area (Å²) in [4.78, 5) is 12.8. The summed E-state index contributed by atoms with van der Waals surface area (Å²) in [5, 5.41) is -1.30. The number of hydrogen-bond donors (Lipinski definition) is 0. The molecule has 19 heavy (non-hydrogen) atoms. The number of amides is 1. The van der Waals surface area contributed by atoms with E-state index in [1.54, 1.807) is 0 Å². The molecule has 8 heteroatoms. The van der Waals surface area contributed by atoms with Crippen LogP contribution in [0.2, 0.25) is 0 Å². The second-order valence-electron chi connectivity index (χ2n) is 4.32. The van der Waals surface area contributed by atoms with Crippen LogP contribution in [0.3, 0.4) is 0 Å². The highest BCUT2D eigenvalue weighted by Gasteiger charge is 2.38. The summed E-state index contributed by atoms with van der Waals surface area (Å²) < 4.78 is 47.7. The molecule has 0 aromatic heterocycles. The summed E-state index contributed by atoms with van der Waals surface area (Å²) >= 11 is 3.02. The van der Waals surface area contributed by atoms with Gasteiger partial charge in [0.05, 0.1) is 4.47 Å². The van der Waals surface area contributed by atoms with Gasteiger partial charge in [0.15, 0.2) is 0 Å². The zero-order valence-electron chi connectivity index (χ0n) is 9.64. The van der Waals surface area contributed by atoms with Crippen LogP contribution in [0.4, 0.5) is 8.28 Å². The number of benzene rings is 1. The number of carbonyl (C=O) groups is 1. The average Bonchev–Trinajstić information content (AvgIpc) is 2.65. The van der Waals surface area contributed by atoms with Crippen molar-refractivity contribution in [1.29, 1.82) is 0 Å². The molecule has 1 fully saturated rings. The molecule has 0 bridgehead atoms. The van der Waals surface area contributed by atoms with Crippen LogP contribution >= 0.6 is 15.9 Å². The highest BCUT2D eigenvalue weighted by molar-refractivity contribution is 9.10. The van der Waals surface area contributed by atoms with Crippen LogP contribution in [0.15, 0.2) is 22.7 Å². The minimum absolute atomic E-state index is 0.129. The van der Waals surface area contributed by atoms with E-state index in [2.05, 4.69) is 15.9 Å². The molecule has 1 saturated heterocycles. The minimum Gasteiger partial charge on any atom is -0.337 e. The summed E-state index contributed by atoms with van der Waals surface area (Å²) in [5.74, 6) is -0.854. The van der Waals surface area contributed by atoms with Crippen LogP contribution in [-0.4, -0.2) is 31.0 Å². The Kier molecular flexibility index (Phi) is 3.91. The first-order valence-corrected chi connectivity index (χ1v) is 7.66. The first kappa shape index (κ1) is 14.4. The van der Waals surface area contributed by atoms with Gasteiger partial charge in [0.1, 0.15) is 11.1 Å². The van der Waals surface area contributed by atoms with Crippen molar-refractivity contribution in [2.45, 2.75) is 18.2 Å². The summed E-state index contributed by atoms with van der Waals surface area (Å²) in [6.07, 6.45) is -0.346. The van der Waals surface area contributed by atoms with E-state index in [0.29, 0.717) is 5.56 Å². The molecule has 4 nitrogen and oxygen atoms in total. The lowest BCUT2D eigenvalue weighted by atomic mass is 10.2. The number of likely N-dealkylation sites (tertiary alicyclic amines) is 1. The monoisotopic (exact) mass is 353 g/mol. The second kappa shape index (κ2) is 5.16. The summed E-state index contributed by atoms with van der Waals surface area (Å²) in [7, 11) is -4.71. The van der Waals surface area contributed by atoms with Gasteiger partial charge in [-0.15, -0.1) is 3.89 Å². The van der Waals surface area contributed by atoms with Gasteiger partial charge < -0.3 is 4.90 Å². The number of hydrogen-bond acceptors (Lipinski definition) is 3. The number of carbonyl (C=O) groups excluding carboxylic acids is 1.